The summed E-state index contributed by atoms with van der Waals surface area (Å²) >= 11 is 0. The maximum Gasteiger partial charge on any atom is 0.346 e. The van der Waals surface area contributed by atoms with Crippen molar-refractivity contribution in [2.45, 2.75) is 32.3 Å². The first-order valence-electron chi connectivity index (χ1n) is 10.6. The molecule has 1 aliphatic rings. The van der Waals surface area contributed by atoms with Gasteiger partial charge < -0.3 is 14.2 Å². The average Bonchev–Trinajstić information content (AvgIpc) is 2.82. The van der Waals surface area contributed by atoms with Crippen LogP contribution in [0.5, 0.6) is 5.75 Å². The number of allylic oxidation sites excluding steroid dienone is 1. The maximum atomic E-state index is 13.2. The van der Waals surface area contributed by atoms with Crippen LogP contribution in [0.4, 0.5) is 0 Å². The van der Waals surface area contributed by atoms with E-state index < -0.39 is 18.0 Å². The molecule has 0 bridgehead atoms. The van der Waals surface area contributed by atoms with Crippen LogP contribution in [-0.2, 0) is 20.7 Å². The fourth-order valence-electron chi connectivity index (χ4n) is 4.04. The van der Waals surface area contributed by atoms with E-state index >= 15 is 0 Å². The summed E-state index contributed by atoms with van der Waals surface area (Å²) in [6, 6.07) is 15.3. The molecule has 2 aromatic carbocycles. The smallest absolute Gasteiger partial charge is 0.346 e. The number of fused-ring (bicyclic) bond motifs is 2. The normalized spacial score (nSPS) is 15.2. The van der Waals surface area contributed by atoms with Crippen molar-refractivity contribution in [1.29, 1.82) is 0 Å². The van der Waals surface area contributed by atoms with Gasteiger partial charge in [-0.15, -0.1) is 0 Å². The van der Waals surface area contributed by atoms with Gasteiger partial charge in [-0.1, -0.05) is 30.3 Å². The molecule has 0 amide bonds. The summed E-state index contributed by atoms with van der Waals surface area (Å²) in [6.07, 6.45) is 3.57. The molecule has 1 heterocycles. The number of esters is 2. The highest BCUT2D eigenvalue weighted by atomic mass is 16.6. The van der Waals surface area contributed by atoms with Crippen LogP contribution in [0.25, 0.3) is 22.6 Å². The van der Waals surface area contributed by atoms with E-state index in [4.69, 9.17) is 19.2 Å². The number of benzene rings is 2. The first-order chi connectivity index (χ1) is 15.5. The molecule has 6 heteroatoms. The molecule has 1 unspecified atom stereocenters. The Labute approximate surface area is 186 Å². The number of ether oxygens (including phenoxy) is 3. The fraction of sp³-hybridized carbons (Fsp3) is 0.269. The van der Waals surface area contributed by atoms with E-state index in [0.29, 0.717) is 17.5 Å². The lowest BCUT2D eigenvalue weighted by molar-refractivity contribution is -0.149. The summed E-state index contributed by atoms with van der Waals surface area (Å²) in [5, 5.41) is 0.721. The maximum absolute atomic E-state index is 13.2. The molecule has 1 aliphatic carbocycles. The van der Waals surface area contributed by atoms with Gasteiger partial charge in [-0.05, 0) is 67.2 Å². The molecule has 4 rings (SSSR count). The zero-order valence-electron chi connectivity index (χ0n) is 18.4. The Kier molecular flexibility index (Phi) is 6.21. The Balaban J connectivity index is 1.82. The standard InChI is InChI=1S/C26H25NO5/c1-16(25(28)31-3)32-26(29)23-20-8-4-5-10-22(20)27-24-18(7-6-9-21(23)24)15-17-11-13-19(30-2)14-12-17/h4-5,8,10-16H,6-7,9H2,1-3H3/b18-15+. The summed E-state index contributed by atoms with van der Waals surface area (Å²) in [7, 11) is 2.91. The first kappa shape index (κ1) is 21.6. The molecule has 0 saturated heterocycles. The number of para-hydroxylation sites is 1. The molecular weight excluding hydrogens is 406 g/mol. The van der Waals surface area contributed by atoms with Crippen molar-refractivity contribution < 1.29 is 23.8 Å². The third-order valence-electron chi connectivity index (χ3n) is 5.65. The van der Waals surface area contributed by atoms with Crippen LogP contribution in [0.2, 0.25) is 0 Å². The second kappa shape index (κ2) is 9.22. The van der Waals surface area contributed by atoms with Crippen LogP contribution in [0, 0.1) is 0 Å². The zero-order chi connectivity index (χ0) is 22.7. The number of hydrogen-bond acceptors (Lipinski definition) is 6. The molecule has 0 fully saturated rings. The molecule has 164 valence electrons. The van der Waals surface area contributed by atoms with Crippen molar-refractivity contribution in [2.75, 3.05) is 14.2 Å². The van der Waals surface area contributed by atoms with Crippen LogP contribution < -0.4 is 4.74 Å². The van der Waals surface area contributed by atoms with Crippen LogP contribution in [-0.4, -0.2) is 37.2 Å². The highest BCUT2D eigenvalue weighted by Gasteiger charge is 2.28. The predicted molar refractivity (Wildman–Crippen MR) is 122 cm³/mol. The average molecular weight is 431 g/mol. The molecule has 0 saturated carbocycles. The summed E-state index contributed by atoms with van der Waals surface area (Å²) in [4.78, 5) is 29.9. The molecule has 1 aromatic heterocycles. The van der Waals surface area contributed by atoms with E-state index in [9.17, 15) is 9.59 Å². The van der Waals surface area contributed by atoms with Crippen LogP contribution in [0.15, 0.2) is 48.5 Å². The van der Waals surface area contributed by atoms with Crippen molar-refractivity contribution in [3.05, 3.63) is 70.9 Å². The molecule has 0 N–H and O–H groups in total. The molecule has 1 atom stereocenters. The van der Waals surface area contributed by atoms with Gasteiger partial charge in [0.1, 0.15) is 5.75 Å². The Hall–Kier alpha value is -3.67. The van der Waals surface area contributed by atoms with Gasteiger partial charge in [0.25, 0.3) is 0 Å². The molecule has 32 heavy (non-hydrogen) atoms. The van der Waals surface area contributed by atoms with E-state index in [-0.39, 0.29) is 0 Å². The lowest BCUT2D eigenvalue weighted by Crippen LogP contribution is -2.26. The van der Waals surface area contributed by atoms with Crippen molar-refractivity contribution in [1.82, 2.24) is 4.98 Å². The van der Waals surface area contributed by atoms with E-state index in [0.717, 1.165) is 46.4 Å². The van der Waals surface area contributed by atoms with E-state index in [2.05, 4.69) is 6.08 Å². The fourth-order valence-corrected chi connectivity index (χ4v) is 4.04. The minimum Gasteiger partial charge on any atom is -0.497 e. The van der Waals surface area contributed by atoms with E-state index in [1.165, 1.54) is 14.0 Å². The second-order valence-corrected chi connectivity index (χ2v) is 7.70. The third kappa shape index (κ3) is 4.21. The van der Waals surface area contributed by atoms with E-state index in [1.807, 2.05) is 48.5 Å². The zero-order valence-corrected chi connectivity index (χ0v) is 18.4. The Morgan fingerprint density at radius 3 is 2.50 bits per heavy atom. The lowest BCUT2D eigenvalue weighted by Gasteiger charge is -2.23. The summed E-state index contributed by atoms with van der Waals surface area (Å²) < 4.78 is 15.4. The molecule has 0 spiro atoms. The highest BCUT2D eigenvalue weighted by molar-refractivity contribution is 6.07. The molecule has 6 nitrogen and oxygen atoms in total. The van der Waals surface area contributed by atoms with Gasteiger partial charge in [0.15, 0.2) is 6.10 Å². The lowest BCUT2D eigenvalue weighted by atomic mass is 9.86. The van der Waals surface area contributed by atoms with Crippen LogP contribution >= 0.6 is 0 Å². The van der Waals surface area contributed by atoms with Gasteiger partial charge in [-0.2, -0.15) is 0 Å². The SMILES string of the molecule is COC(=O)C(C)OC(=O)c1c2c(nc3ccccc13)/C(=C/c1ccc(OC)cc1)CCC2. The summed E-state index contributed by atoms with van der Waals surface area (Å²) in [5.41, 5.74) is 4.96. The highest BCUT2D eigenvalue weighted by Crippen LogP contribution is 2.36. The van der Waals surface area contributed by atoms with Gasteiger partial charge in [-0.25, -0.2) is 14.6 Å². The number of aromatic nitrogens is 1. The number of pyridine rings is 1. The number of carbonyl (C=O) groups is 2. The summed E-state index contributed by atoms with van der Waals surface area (Å²) in [5.74, 6) is -0.334. The van der Waals surface area contributed by atoms with Gasteiger partial charge in [0, 0.05) is 5.39 Å². The molecule has 3 aromatic rings. The molecular formula is C26H25NO5. The van der Waals surface area contributed by atoms with Gasteiger partial charge in [0.05, 0.1) is 31.0 Å². The second-order valence-electron chi connectivity index (χ2n) is 7.70. The summed E-state index contributed by atoms with van der Waals surface area (Å²) in [6.45, 7) is 1.51. The van der Waals surface area contributed by atoms with Crippen molar-refractivity contribution in [3.63, 3.8) is 0 Å². The number of methoxy groups -OCH3 is 2. The number of nitrogens with zero attached hydrogens (tertiary/aromatic N) is 1. The Bertz CT molecular complexity index is 1200. The van der Waals surface area contributed by atoms with Crippen LogP contribution in [0.3, 0.4) is 0 Å². The largest absolute Gasteiger partial charge is 0.497 e. The minimum atomic E-state index is -0.993. The number of carbonyl (C=O) groups excluding carboxylic acids is 2. The number of rotatable bonds is 5. The van der Waals surface area contributed by atoms with E-state index in [1.54, 1.807) is 7.11 Å². The van der Waals surface area contributed by atoms with Crippen molar-refractivity contribution in [3.8, 4) is 5.75 Å². The predicted octanol–water partition coefficient (Wildman–Crippen LogP) is 4.84. The third-order valence-corrected chi connectivity index (χ3v) is 5.65. The molecule has 0 radical (unpaired) electrons. The Morgan fingerprint density at radius 1 is 1.03 bits per heavy atom. The monoisotopic (exact) mass is 431 g/mol. The van der Waals surface area contributed by atoms with Crippen molar-refractivity contribution >= 4 is 34.5 Å². The molecule has 0 aliphatic heterocycles. The quantitative estimate of drug-likeness (QED) is 0.538. The van der Waals surface area contributed by atoms with Crippen LogP contribution in [0.1, 0.15) is 46.9 Å². The van der Waals surface area contributed by atoms with Crippen molar-refractivity contribution in [2.24, 2.45) is 0 Å². The van der Waals surface area contributed by atoms with Gasteiger partial charge in [-0.3, -0.25) is 0 Å². The van der Waals surface area contributed by atoms with Gasteiger partial charge in [0.2, 0.25) is 0 Å². The number of hydrogen-bond donors (Lipinski definition) is 0. The topological polar surface area (TPSA) is 74.7 Å². The van der Waals surface area contributed by atoms with Gasteiger partial charge >= 0.3 is 11.9 Å². The first-order valence-corrected chi connectivity index (χ1v) is 10.6. The minimum absolute atomic E-state index is 0.474. The Morgan fingerprint density at radius 2 is 1.78 bits per heavy atom.